The first-order chi connectivity index (χ1) is 10.2. The van der Waals surface area contributed by atoms with Gasteiger partial charge in [-0.25, -0.2) is 0 Å². The summed E-state index contributed by atoms with van der Waals surface area (Å²) in [6.07, 6.45) is 4.33. The van der Waals surface area contributed by atoms with E-state index in [1.165, 1.54) is 5.56 Å². The smallest absolute Gasteiger partial charge is 0.253 e. The minimum Gasteiger partial charge on any atom is -0.383 e. The minimum absolute atomic E-state index is 0.0865. The van der Waals surface area contributed by atoms with Crippen LogP contribution in [0.2, 0.25) is 0 Å². The molecule has 0 saturated heterocycles. The highest BCUT2D eigenvalue weighted by molar-refractivity contribution is 5.99. The Hall–Kier alpha value is -2.36. The van der Waals surface area contributed by atoms with E-state index in [1.54, 1.807) is 18.5 Å². The average Bonchev–Trinajstić information content (AvgIpc) is 2.52. The molecule has 0 aliphatic heterocycles. The van der Waals surface area contributed by atoms with Gasteiger partial charge in [0.1, 0.15) is 0 Å². The normalized spacial score (nSPS) is 10.2. The summed E-state index contributed by atoms with van der Waals surface area (Å²) in [6.45, 7) is 5.48. The van der Waals surface area contributed by atoms with Crippen LogP contribution in [-0.2, 0) is 6.54 Å². The van der Waals surface area contributed by atoms with Gasteiger partial charge in [0.05, 0.1) is 17.4 Å². The molecule has 0 fully saturated rings. The molecule has 2 N–H and O–H groups in total. The van der Waals surface area contributed by atoms with Crippen LogP contribution in [0.4, 0.5) is 5.69 Å². The molecule has 0 aliphatic carbocycles. The third kappa shape index (κ3) is 4.31. The number of hydrogen-bond donors (Lipinski definition) is 2. The molecule has 0 unspecified atom stereocenters. The highest BCUT2D eigenvalue weighted by Crippen LogP contribution is 2.13. The van der Waals surface area contributed by atoms with Gasteiger partial charge in [-0.1, -0.05) is 36.8 Å². The molecule has 0 atom stereocenters. The third-order valence-electron chi connectivity index (χ3n) is 3.20. The van der Waals surface area contributed by atoms with E-state index in [9.17, 15) is 4.79 Å². The number of hydrogen-bond acceptors (Lipinski definition) is 3. The summed E-state index contributed by atoms with van der Waals surface area (Å²) in [6, 6.07) is 9.88. The van der Waals surface area contributed by atoms with Gasteiger partial charge < -0.3 is 10.6 Å². The number of carbonyl (C=O) groups is 1. The molecule has 1 aromatic heterocycles. The van der Waals surface area contributed by atoms with Gasteiger partial charge in [-0.2, -0.15) is 0 Å². The molecule has 0 spiro atoms. The molecule has 1 heterocycles. The predicted molar refractivity (Wildman–Crippen MR) is 85.4 cm³/mol. The van der Waals surface area contributed by atoms with Gasteiger partial charge in [0.15, 0.2) is 0 Å². The molecule has 110 valence electrons. The molecule has 1 amide bonds. The number of amides is 1. The van der Waals surface area contributed by atoms with Crippen LogP contribution in [0.3, 0.4) is 0 Å². The number of carbonyl (C=O) groups excluding carboxylic acids is 1. The third-order valence-corrected chi connectivity index (χ3v) is 3.20. The lowest BCUT2D eigenvalue weighted by Crippen LogP contribution is -2.24. The minimum atomic E-state index is -0.0865. The van der Waals surface area contributed by atoms with Crippen molar-refractivity contribution in [1.82, 2.24) is 10.3 Å². The summed E-state index contributed by atoms with van der Waals surface area (Å²) in [5.74, 6) is -0.0865. The van der Waals surface area contributed by atoms with Crippen LogP contribution >= 0.6 is 0 Å². The Morgan fingerprint density at radius 3 is 2.67 bits per heavy atom. The van der Waals surface area contributed by atoms with Gasteiger partial charge in [-0.3, -0.25) is 9.78 Å². The number of rotatable bonds is 6. The number of aromatic nitrogens is 1. The first-order valence-electron chi connectivity index (χ1n) is 7.22. The fourth-order valence-electron chi connectivity index (χ4n) is 1.98. The standard InChI is InChI=1S/C17H21N3O/c1-3-9-19-16-12-18-10-8-15(16)17(21)20-11-14-6-4-13(2)5-7-14/h4-8,10,12,19H,3,9,11H2,1-2H3,(H,20,21). The van der Waals surface area contributed by atoms with E-state index in [1.807, 2.05) is 31.2 Å². The second-order valence-corrected chi connectivity index (χ2v) is 5.02. The van der Waals surface area contributed by atoms with Crippen LogP contribution in [0.25, 0.3) is 0 Å². The summed E-state index contributed by atoms with van der Waals surface area (Å²) in [5.41, 5.74) is 3.71. The van der Waals surface area contributed by atoms with E-state index in [4.69, 9.17) is 0 Å². The van der Waals surface area contributed by atoms with Crippen molar-refractivity contribution in [2.24, 2.45) is 0 Å². The van der Waals surface area contributed by atoms with Crippen molar-refractivity contribution >= 4 is 11.6 Å². The zero-order valence-corrected chi connectivity index (χ0v) is 12.5. The molecular formula is C17H21N3O. The molecule has 0 saturated carbocycles. The highest BCUT2D eigenvalue weighted by Gasteiger charge is 2.10. The number of aryl methyl sites for hydroxylation is 1. The monoisotopic (exact) mass is 283 g/mol. The second kappa shape index (κ2) is 7.43. The largest absolute Gasteiger partial charge is 0.383 e. The molecule has 0 radical (unpaired) electrons. The SMILES string of the molecule is CCCNc1cnccc1C(=O)NCc1ccc(C)cc1. The van der Waals surface area contributed by atoms with Crippen LogP contribution in [0, 0.1) is 6.92 Å². The maximum atomic E-state index is 12.3. The maximum Gasteiger partial charge on any atom is 0.253 e. The van der Waals surface area contributed by atoms with Gasteiger partial charge in [0.25, 0.3) is 5.91 Å². The van der Waals surface area contributed by atoms with Crippen LogP contribution in [0.5, 0.6) is 0 Å². The lowest BCUT2D eigenvalue weighted by Gasteiger charge is -2.11. The van der Waals surface area contributed by atoms with Crippen molar-refractivity contribution in [2.75, 3.05) is 11.9 Å². The van der Waals surface area contributed by atoms with Crippen LogP contribution < -0.4 is 10.6 Å². The maximum absolute atomic E-state index is 12.3. The Morgan fingerprint density at radius 1 is 1.19 bits per heavy atom. The summed E-state index contributed by atoms with van der Waals surface area (Å²) < 4.78 is 0. The molecule has 0 aliphatic rings. The molecule has 0 bridgehead atoms. The Bertz CT molecular complexity index is 593. The average molecular weight is 283 g/mol. The number of nitrogens with zero attached hydrogens (tertiary/aromatic N) is 1. The lowest BCUT2D eigenvalue weighted by atomic mass is 10.1. The van der Waals surface area contributed by atoms with Gasteiger partial charge in [0, 0.05) is 19.3 Å². The highest BCUT2D eigenvalue weighted by atomic mass is 16.1. The zero-order chi connectivity index (χ0) is 15.1. The van der Waals surface area contributed by atoms with Crippen molar-refractivity contribution < 1.29 is 4.79 Å². The molecule has 4 nitrogen and oxygen atoms in total. The van der Waals surface area contributed by atoms with E-state index >= 15 is 0 Å². The Kier molecular flexibility index (Phi) is 5.32. The zero-order valence-electron chi connectivity index (χ0n) is 12.5. The van der Waals surface area contributed by atoms with E-state index in [0.29, 0.717) is 12.1 Å². The topological polar surface area (TPSA) is 54.0 Å². The molecule has 4 heteroatoms. The number of nitrogens with one attached hydrogen (secondary N) is 2. The first kappa shape index (κ1) is 15.0. The number of pyridine rings is 1. The van der Waals surface area contributed by atoms with E-state index in [0.717, 1.165) is 24.2 Å². The lowest BCUT2D eigenvalue weighted by molar-refractivity contribution is 0.0951. The summed E-state index contributed by atoms with van der Waals surface area (Å²) >= 11 is 0. The van der Waals surface area contributed by atoms with Crippen molar-refractivity contribution in [3.8, 4) is 0 Å². The van der Waals surface area contributed by atoms with Crippen molar-refractivity contribution in [2.45, 2.75) is 26.8 Å². The van der Waals surface area contributed by atoms with Gasteiger partial charge >= 0.3 is 0 Å². The first-order valence-corrected chi connectivity index (χ1v) is 7.22. The molecule has 1 aromatic carbocycles. The molecule has 2 rings (SSSR count). The fraction of sp³-hybridized carbons (Fsp3) is 0.294. The second-order valence-electron chi connectivity index (χ2n) is 5.02. The van der Waals surface area contributed by atoms with Crippen molar-refractivity contribution in [3.63, 3.8) is 0 Å². The Balaban J connectivity index is 2.01. The summed E-state index contributed by atoms with van der Waals surface area (Å²) in [4.78, 5) is 16.4. The predicted octanol–water partition coefficient (Wildman–Crippen LogP) is 3.14. The van der Waals surface area contributed by atoms with Crippen LogP contribution in [0.1, 0.15) is 34.8 Å². The summed E-state index contributed by atoms with van der Waals surface area (Å²) in [7, 11) is 0. The van der Waals surface area contributed by atoms with Gasteiger partial charge in [-0.15, -0.1) is 0 Å². The molecule has 2 aromatic rings. The van der Waals surface area contributed by atoms with Gasteiger partial charge in [0.2, 0.25) is 0 Å². The molecular weight excluding hydrogens is 262 g/mol. The van der Waals surface area contributed by atoms with Gasteiger partial charge in [-0.05, 0) is 25.0 Å². The van der Waals surface area contributed by atoms with Crippen molar-refractivity contribution in [3.05, 3.63) is 59.4 Å². The van der Waals surface area contributed by atoms with E-state index in [-0.39, 0.29) is 5.91 Å². The number of benzene rings is 1. The van der Waals surface area contributed by atoms with E-state index in [2.05, 4.69) is 22.5 Å². The van der Waals surface area contributed by atoms with E-state index < -0.39 is 0 Å². The molecule has 21 heavy (non-hydrogen) atoms. The summed E-state index contributed by atoms with van der Waals surface area (Å²) in [5, 5.41) is 6.17. The Morgan fingerprint density at radius 2 is 1.95 bits per heavy atom. The fourth-order valence-corrected chi connectivity index (χ4v) is 1.98. The number of anilines is 1. The van der Waals surface area contributed by atoms with Crippen molar-refractivity contribution in [1.29, 1.82) is 0 Å². The quantitative estimate of drug-likeness (QED) is 0.856. The van der Waals surface area contributed by atoms with Crippen LogP contribution in [0.15, 0.2) is 42.7 Å². The Labute approximate surface area is 125 Å². The van der Waals surface area contributed by atoms with Crippen LogP contribution in [-0.4, -0.2) is 17.4 Å².